The topological polar surface area (TPSA) is 46.2 Å². The summed E-state index contributed by atoms with van der Waals surface area (Å²) in [4.78, 5) is 0. The lowest BCUT2D eigenvalue weighted by atomic mass is 9.94. The Morgan fingerprint density at radius 3 is 2.35 bits per heavy atom. The summed E-state index contributed by atoms with van der Waals surface area (Å²) in [7, 11) is -3.14. The van der Waals surface area contributed by atoms with E-state index in [0.717, 1.165) is 12.8 Å². The van der Waals surface area contributed by atoms with E-state index in [2.05, 4.69) is 4.72 Å². The number of halogens is 1. The minimum atomic E-state index is -3.14. The van der Waals surface area contributed by atoms with Crippen LogP contribution in [0, 0.1) is 5.92 Å². The maximum absolute atomic E-state index is 11.8. The van der Waals surface area contributed by atoms with Crippen LogP contribution in [0.4, 0.5) is 0 Å². The third-order valence-corrected chi connectivity index (χ3v) is 5.34. The normalized spacial score (nSPS) is 21.1. The second kappa shape index (κ2) is 7.59. The fourth-order valence-corrected chi connectivity index (χ4v) is 4.19. The standard InChI is InChI=1S/C12H24ClNO2S/c1-11(12-7-4-2-3-5-8-12)14-17(15,16)10-6-9-13/h11-12,14H,2-10H2,1H3/t11-/m0/s1. The third kappa shape index (κ3) is 6.07. The van der Waals surface area contributed by atoms with Crippen molar-refractivity contribution in [1.29, 1.82) is 0 Å². The molecule has 0 aromatic carbocycles. The highest BCUT2D eigenvalue weighted by Crippen LogP contribution is 2.25. The molecule has 0 saturated heterocycles. The molecule has 0 aromatic heterocycles. The summed E-state index contributed by atoms with van der Waals surface area (Å²) in [5, 5.41) is 0. The molecule has 0 heterocycles. The van der Waals surface area contributed by atoms with Crippen LogP contribution < -0.4 is 4.72 Å². The summed E-state index contributed by atoms with van der Waals surface area (Å²) < 4.78 is 26.3. The van der Waals surface area contributed by atoms with Crippen LogP contribution in [-0.4, -0.2) is 26.1 Å². The van der Waals surface area contributed by atoms with Crippen LogP contribution in [0.15, 0.2) is 0 Å². The van der Waals surface area contributed by atoms with Gasteiger partial charge in [-0.3, -0.25) is 0 Å². The fraction of sp³-hybridized carbons (Fsp3) is 1.00. The lowest BCUT2D eigenvalue weighted by molar-refractivity contribution is 0.370. The molecular formula is C12H24ClNO2S. The van der Waals surface area contributed by atoms with E-state index >= 15 is 0 Å². The summed E-state index contributed by atoms with van der Waals surface area (Å²) in [6.07, 6.45) is 7.88. The number of nitrogens with one attached hydrogen (secondary N) is 1. The van der Waals surface area contributed by atoms with Crippen LogP contribution in [0.25, 0.3) is 0 Å². The molecule has 1 N–H and O–H groups in total. The highest BCUT2D eigenvalue weighted by atomic mass is 35.5. The van der Waals surface area contributed by atoms with Crippen LogP contribution in [0.3, 0.4) is 0 Å². The molecule has 102 valence electrons. The van der Waals surface area contributed by atoms with Gasteiger partial charge in [0.25, 0.3) is 0 Å². The molecule has 0 spiro atoms. The minimum Gasteiger partial charge on any atom is -0.212 e. The Bertz CT molecular complexity index is 298. The zero-order valence-electron chi connectivity index (χ0n) is 10.6. The molecule has 0 aliphatic heterocycles. The SMILES string of the molecule is C[C@H](NS(=O)(=O)CCCCl)C1CCCCCC1. The van der Waals surface area contributed by atoms with Gasteiger partial charge in [-0.25, -0.2) is 13.1 Å². The summed E-state index contributed by atoms with van der Waals surface area (Å²) in [6, 6.07) is 0.0634. The predicted octanol–water partition coefficient (Wildman–Crippen LogP) is 2.89. The molecule has 1 atom stereocenters. The molecule has 1 saturated carbocycles. The van der Waals surface area contributed by atoms with Gasteiger partial charge in [-0.05, 0) is 32.1 Å². The Morgan fingerprint density at radius 1 is 1.24 bits per heavy atom. The first-order valence-electron chi connectivity index (χ1n) is 6.61. The van der Waals surface area contributed by atoms with Gasteiger partial charge in [0.05, 0.1) is 5.75 Å². The van der Waals surface area contributed by atoms with Gasteiger partial charge in [0.1, 0.15) is 0 Å². The summed E-state index contributed by atoms with van der Waals surface area (Å²) in [5.74, 6) is 1.05. The summed E-state index contributed by atoms with van der Waals surface area (Å²) >= 11 is 5.52. The Balaban J connectivity index is 2.43. The number of rotatable bonds is 6. The van der Waals surface area contributed by atoms with Gasteiger partial charge in [-0.1, -0.05) is 25.7 Å². The molecule has 0 bridgehead atoms. The average Bonchev–Trinajstić information content (AvgIpc) is 2.54. The van der Waals surface area contributed by atoms with E-state index in [0.29, 0.717) is 18.2 Å². The van der Waals surface area contributed by atoms with Crippen LogP contribution in [0.1, 0.15) is 51.9 Å². The highest BCUT2D eigenvalue weighted by Gasteiger charge is 2.22. The molecule has 0 amide bonds. The van der Waals surface area contributed by atoms with Crippen molar-refractivity contribution >= 4 is 21.6 Å². The van der Waals surface area contributed by atoms with Crippen molar-refractivity contribution in [3.05, 3.63) is 0 Å². The van der Waals surface area contributed by atoms with Crippen LogP contribution in [-0.2, 0) is 10.0 Å². The van der Waals surface area contributed by atoms with E-state index in [1.807, 2.05) is 6.92 Å². The van der Waals surface area contributed by atoms with Gasteiger partial charge in [0.2, 0.25) is 10.0 Å². The van der Waals surface area contributed by atoms with Gasteiger partial charge < -0.3 is 0 Å². The Kier molecular flexibility index (Phi) is 6.82. The molecule has 1 aliphatic rings. The summed E-state index contributed by atoms with van der Waals surface area (Å²) in [5.41, 5.74) is 0. The van der Waals surface area contributed by atoms with Gasteiger partial charge in [0.15, 0.2) is 0 Å². The van der Waals surface area contributed by atoms with Gasteiger partial charge >= 0.3 is 0 Å². The molecule has 0 radical (unpaired) electrons. The van der Waals surface area contributed by atoms with Crippen molar-refractivity contribution in [2.45, 2.75) is 57.9 Å². The molecule has 1 rings (SSSR count). The van der Waals surface area contributed by atoms with Gasteiger partial charge in [0, 0.05) is 11.9 Å². The van der Waals surface area contributed by atoms with E-state index in [9.17, 15) is 8.42 Å². The lowest BCUT2D eigenvalue weighted by Crippen LogP contribution is -2.39. The van der Waals surface area contributed by atoms with Crippen LogP contribution >= 0.6 is 11.6 Å². The quantitative estimate of drug-likeness (QED) is 0.601. The Labute approximate surface area is 110 Å². The number of alkyl halides is 1. The predicted molar refractivity (Wildman–Crippen MR) is 72.9 cm³/mol. The monoisotopic (exact) mass is 281 g/mol. The van der Waals surface area contributed by atoms with Crippen molar-refractivity contribution in [1.82, 2.24) is 4.72 Å². The largest absolute Gasteiger partial charge is 0.212 e. The molecule has 0 aromatic rings. The smallest absolute Gasteiger partial charge is 0.211 e. The van der Waals surface area contributed by atoms with E-state index in [4.69, 9.17) is 11.6 Å². The number of hydrogen-bond acceptors (Lipinski definition) is 2. The maximum Gasteiger partial charge on any atom is 0.211 e. The Morgan fingerprint density at radius 2 is 1.82 bits per heavy atom. The maximum atomic E-state index is 11.8. The van der Waals surface area contributed by atoms with Crippen molar-refractivity contribution in [2.24, 2.45) is 5.92 Å². The van der Waals surface area contributed by atoms with E-state index in [1.165, 1.54) is 25.7 Å². The zero-order chi connectivity index (χ0) is 12.7. The fourth-order valence-electron chi connectivity index (χ4n) is 2.49. The molecule has 3 nitrogen and oxygen atoms in total. The number of hydrogen-bond donors (Lipinski definition) is 1. The second-order valence-electron chi connectivity index (χ2n) is 5.02. The first-order chi connectivity index (χ1) is 8.05. The minimum absolute atomic E-state index is 0.0634. The van der Waals surface area contributed by atoms with E-state index in [-0.39, 0.29) is 11.8 Å². The van der Waals surface area contributed by atoms with Gasteiger partial charge in [-0.15, -0.1) is 11.6 Å². The van der Waals surface area contributed by atoms with E-state index in [1.54, 1.807) is 0 Å². The second-order valence-corrected chi connectivity index (χ2v) is 7.27. The molecule has 5 heteroatoms. The van der Waals surface area contributed by atoms with Crippen molar-refractivity contribution in [3.63, 3.8) is 0 Å². The first-order valence-corrected chi connectivity index (χ1v) is 8.80. The lowest BCUT2D eigenvalue weighted by Gasteiger charge is -2.23. The molecular weight excluding hydrogens is 258 g/mol. The van der Waals surface area contributed by atoms with Crippen molar-refractivity contribution < 1.29 is 8.42 Å². The van der Waals surface area contributed by atoms with Gasteiger partial charge in [-0.2, -0.15) is 0 Å². The van der Waals surface area contributed by atoms with E-state index < -0.39 is 10.0 Å². The molecule has 1 aliphatic carbocycles. The summed E-state index contributed by atoms with van der Waals surface area (Å²) in [6.45, 7) is 1.99. The molecule has 1 fully saturated rings. The van der Waals surface area contributed by atoms with Crippen LogP contribution in [0.2, 0.25) is 0 Å². The molecule has 17 heavy (non-hydrogen) atoms. The van der Waals surface area contributed by atoms with Crippen LogP contribution in [0.5, 0.6) is 0 Å². The average molecular weight is 282 g/mol. The first kappa shape index (κ1) is 15.3. The number of sulfonamides is 1. The highest BCUT2D eigenvalue weighted by molar-refractivity contribution is 7.89. The third-order valence-electron chi connectivity index (χ3n) is 3.52. The zero-order valence-corrected chi connectivity index (χ0v) is 12.2. The Hall–Kier alpha value is 0.200. The van der Waals surface area contributed by atoms with Crippen molar-refractivity contribution in [2.75, 3.05) is 11.6 Å². The molecule has 0 unspecified atom stereocenters. The van der Waals surface area contributed by atoms with Crippen molar-refractivity contribution in [3.8, 4) is 0 Å².